The zero-order valence-electron chi connectivity index (χ0n) is 11.6. The summed E-state index contributed by atoms with van der Waals surface area (Å²) in [5, 5.41) is 11.7. The molecular formula is C13H22N4O2. The maximum absolute atomic E-state index is 8.76. The fourth-order valence-electron chi connectivity index (χ4n) is 2.30. The summed E-state index contributed by atoms with van der Waals surface area (Å²) in [5.41, 5.74) is 0.966. The molecule has 0 radical (unpaired) electrons. The first-order chi connectivity index (χ1) is 9.22. The van der Waals surface area contributed by atoms with Crippen molar-refractivity contribution in [3.05, 3.63) is 11.8 Å². The fraction of sp³-hybridized carbons (Fsp3) is 0.692. The number of hydrogen-bond donors (Lipinski definition) is 2. The highest BCUT2D eigenvalue weighted by atomic mass is 16.5. The van der Waals surface area contributed by atoms with Gasteiger partial charge < -0.3 is 20.1 Å². The van der Waals surface area contributed by atoms with Crippen molar-refractivity contribution >= 4 is 11.8 Å². The number of aromatic nitrogens is 2. The van der Waals surface area contributed by atoms with E-state index in [1.165, 1.54) is 0 Å². The van der Waals surface area contributed by atoms with Gasteiger partial charge in [0.2, 0.25) is 5.95 Å². The van der Waals surface area contributed by atoms with Gasteiger partial charge in [0.25, 0.3) is 0 Å². The van der Waals surface area contributed by atoms with Crippen LogP contribution in [0, 0.1) is 6.92 Å². The normalized spacial score (nSPS) is 16.7. The standard InChI is InChI=1S/C13H22N4O2/c1-10-9-12(16-13(14-2)15-10)17-5-3-11(4-6-17)19-8-7-18/h9,11,18H,3-8H2,1-2H3,(H,14,15,16). The van der Waals surface area contributed by atoms with Gasteiger partial charge in [0.05, 0.1) is 19.3 Å². The van der Waals surface area contributed by atoms with Gasteiger partial charge in [-0.25, -0.2) is 4.98 Å². The summed E-state index contributed by atoms with van der Waals surface area (Å²) in [7, 11) is 1.83. The average molecular weight is 266 g/mol. The minimum Gasteiger partial charge on any atom is -0.394 e. The third kappa shape index (κ3) is 3.78. The van der Waals surface area contributed by atoms with Crippen molar-refractivity contribution in [3.8, 4) is 0 Å². The first-order valence-corrected chi connectivity index (χ1v) is 6.73. The lowest BCUT2D eigenvalue weighted by atomic mass is 10.1. The zero-order valence-corrected chi connectivity index (χ0v) is 11.6. The van der Waals surface area contributed by atoms with E-state index in [4.69, 9.17) is 9.84 Å². The molecule has 0 aliphatic carbocycles. The van der Waals surface area contributed by atoms with Crippen LogP contribution in [0.25, 0.3) is 0 Å². The van der Waals surface area contributed by atoms with Crippen molar-refractivity contribution in [3.63, 3.8) is 0 Å². The van der Waals surface area contributed by atoms with Gasteiger partial charge in [-0.2, -0.15) is 4.98 Å². The van der Waals surface area contributed by atoms with E-state index < -0.39 is 0 Å². The zero-order chi connectivity index (χ0) is 13.7. The number of aliphatic hydroxyl groups excluding tert-OH is 1. The number of ether oxygens (including phenoxy) is 1. The number of rotatable bonds is 5. The monoisotopic (exact) mass is 266 g/mol. The SMILES string of the molecule is CNc1nc(C)cc(N2CCC(OCCO)CC2)n1. The average Bonchev–Trinajstić information content (AvgIpc) is 2.45. The minimum absolute atomic E-state index is 0.0941. The van der Waals surface area contributed by atoms with E-state index >= 15 is 0 Å². The number of nitrogens with one attached hydrogen (secondary N) is 1. The van der Waals surface area contributed by atoms with Crippen LogP contribution in [0.15, 0.2) is 6.07 Å². The Kier molecular flexibility index (Phi) is 4.93. The molecule has 2 N–H and O–H groups in total. The van der Waals surface area contributed by atoms with Gasteiger partial charge in [-0.15, -0.1) is 0 Å². The van der Waals surface area contributed by atoms with E-state index in [0.717, 1.165) is 37.4 Å². The molecule has 0 aromatic carbocycles. The lowest BCUT2D eigenvalue weighted by Crippen LogP contribution is -2.38. The Morgan fingerprint density at radius 3 is 2.79 bits per heavy atom. The van der Waals surface area contributed by atoms with Gasteiger partial charge in [-0.1, -0.05) is 0 Å². The van der Waals surface area contributed by atoms with Crippen LogP contribution in [-0.2, 0) is 4.74 Å². The molecule has 0 amide bonds. The van der Waals surface area contributed by atoms with E-state index in [9.17, 15) is 0 Å². The molecule has 2 heterocycles. The Morgan fingerprint density at radius 2 is 2.16 bits per heavy atom. The number of anilines is 2. The molecule has 1 aromatic heterocycles. The minimum atomic E-state index is 0.0941. The second kappa shape index (κ2) is 6.68. The molecule has 1 aliphatic rings. The summed E-state index contributed by atoms with van der Waals surface area (Å²) >= 11 is 0. The van der Waals surface area contributed by atoms with Crippen LogP contribution >= 0.6 is 0 Å². The Hall–Kier alpha value is -1.40. The molecule has 1 aliphatic heterocycles. The Labute approximate surface area is 113 Å². The highest BCUT2D eigenvalue weighted by Gasteiger charge is 2.21. The first kappa shape index (κ1) is 14.0. The Balaban J connectivity index is 1.95. The van der Waals surface area contributed by atoms with E-state index in [1.807, 2.05) is 20.0 Å². The highest BCUT2D eigenvalue weighted by Crippen LogP contribution is 2.21. The molecule has 2 rings (SSSR count). The van der Waals surface area contributed by atoms with Gasteiger partial charge in [0.15, 0.2) is 0 Å². The molecule has 0 spiro atoms. The summed E-state index contributed by atoms with van der Waals surface area (Å²) < 4.78 is 5.56. The number of piperidine rings is 1. The Bertz CT molecular complexity index is 406. The molecule has 1 fully saturated rings. The number of hydrogen-bond acceptors (Lipinski definition) is 6. The van der Waals surface area contributed by atoms with Crippen LogP contribution in [0.5, 0.6) is 0 Å². The van der Waals surface area contributed by atoms with Crippen molar-refractivity contribution in [1.29, 1.82) is 0 Å². The largest absolute Gasteiger partial charge is 0.394 e. The van der Waals surface area contributed by atoms with Gasteiger partial charge in [0, 0.05) is 31.9 Å². The predicted octanol–water partition coefficient (Wildman–Crippen LogP) is 0.804. The maximum atomic E-state index is 8.76. The van der Waals surface area contributed by atoms with E-state index in [0.29, 0.717) is 12.6 Å². The van der Waals surface area contributed by atoms with E-state index in [-0.39, 0.29) is 12.7 Å². The fourth-order valence-corrected chi connectivity index (χ4v) is 2.30. The molecule has 1 aromatic rings. The summed E-state index contributed by atoms with van der Waals surface area (Å²) in [6, 6.07) is 2.01. The maximum Gasteiger partial charge on any atom is 0.224 e. The molecule has 0 unspecified atom stereocenters. The summed E-state index contributed by atoms with van der Waals surface area (Å²) in [6.45, 7) is 4.35. The summed E-state index contributed by atoms with van der Waals surface area (Å²) in [6.07, 6.45) is 2.20. The van der Waals surface area contributed by atoms with Gasteiger partial charge in [-0.3, -0.25) is 0 Å². The van der Waals surface area contributed by atoms with Crippen LogP contribution in [-0.4, -0.2) is 54.5 Å². The molecule has 1 saturated heterocycles. The third-order valence-corrected chi connectivity index (χ3v) is 3.28. The molecule has 0 atom stereocenters. The second-order valence-corrected chi connectivity index (χ2v) is 4.72. The van der Waals surface area contributed by atoms with Crippen LogP contribution in [0.4, 0.5) is 11.8 Å². The summed E-state index contributed by atoms with van der Waals surface area (Å²) in [5.74, 6) is 1.63. The molecule has 106 valence electrons. The third-order valence-electron chi connectivity index (χ3n) is 3.28. The van der Waals surface area contributed by atoms with Crippen molar-refractivity contribution < 1.29 is 9.84 Å². The number of aliphatic hydroxyl groups is 1. The lowest BCUT2D eigenvalue weighted by molar-refractivity contribution is 0.0158. The molecule has 6 nitrogen and oxygen atoms in total. The number of aryl methyl sites for hydroxylation is 1. The molecule has 19 heavy (non-hydrogen) atoms. The quantitative estimate of drug-likeness (QED) is 0.821. The molecule has 6 heteroatoms. The topological polar surface area (TPSA) is 70.5 Å². The van der Waals surface area contributed by atoms with Gasteiger partial charge in [0.1, 0.15) is 5.82 Å². The molecule has 0 saturated carbocycles. The number of nitrogens with zero attached hydrogens (tertiary/aromatic N) is 3. The van der Waals surface area contributed by atoms with Crippen molar-refractivity contribution in [2.75, 3.05) is 43.6 Å². The van der Waals surface area contributed by atoms with E-state index in [2.05, 4.69) is 20.2 Å². The van der Waals surface area contributed by atoms with Gasteiger partial charge >= 0.3 is 0 Å². The highest BCUT2D eigenvalue weighted by molar-refractivity contribution is 5.44. The molecular weight excluding hydrogens is 244 g/mol. The predicted molar refractivity (Wildman–Crippen MR) is 74.6 cm³/mol. The lowest BCUT2D eigenvalue weighted by Gasteiger charge is -2.32. The van der Waals surface area contributed by atoms with Crippen molar-refractivity contribution in [2.24, 2.45) is 0 Å². The van der Waals surface area contributed by atoms with Crippen LogP contribution < -0.4 is 10.2 Å². The van der Waals surface area contributed by atoms with Crippen molar-refractivity contribution in [2.45, 2.75) is 25.9 Å². The smallest absolute Gasteiger partial charge is 0.224 e. The van der Waals surface area contributed by atoms with Crippen LogP contribution in [0.1, 0.15) is 18.5 Å². The van der Waals surface area contributed by atoms with Gasteiger partial charge in [-0.05, 0) is 19.8 Å². The Morgan fingerprint density at radius 1 is 1.42 bits per heavy atom. The van der Waals surface area contributed by atoms with Crippen LogP contribution in [0.2, 0.25) is 0 Å². The van der Waals surface area contributed by atoms with Crippen molar-refractivity contribution in [1.82, 2.24) is 9.97 Å². The molecule has 0 bridgehead atoms. The first-order valence-electron chi connectivity index (χ1n) is 6.73. The second-order valence-electron chi connectivity index (χ2n) is 4.72. The van der Waals surface area contributed by atoms with Crippen LogP contribution in [0.3, 0.4) is 0 Å². The van der Waals surface area contributed by atoms with E-state index in [1.54, 1.807) is 0 Å². The summed E-state index contributed by atoms with van der Waals surface area (Å²) in [4.78, 5) is 11.0.